The lowest BCUT2D eigenvalue weighted by atomic mass is 9.84. The molecule has 0 bridgehead atoms. The van der Waals surface area contributed by atoms with Gasteiger partial charge in [-0.2, -0.15) is 0 Å². The highest BCUT2D eigenvalue weighted by atomic mass is 16.2. The fourth-order valence-electron chi connectivity index (χ4n) is 4.10. The van der Waals surface area contributed by atoms with Crippen LogP contribution in [0.15, 0.2) is 4.99 Å². The quantitative estimate of drug-likeness (QED) is 0.527. The second-order valence-electron chi connectivity index (χ2n) is 8.18. The Morgan fingerprint density at radius 1 is 1.15 bits per heavy atom. The molecule has 1 saturated heterocycles. The Morgan fingerprint density at radius 3 is 2.31 bits per heavy atom. The molecule has 7 nitrogen and oxygen atoms in total. The van der Waals surface area contributed by atoms with E-state index < -0.39 is 0 Å². The predicted molar refractivity (Wildman–Crippen MR) is 107 cm³/mol. The molecule has 1 unspecified atom stereocenters. The van der Waals surface area contributed by atoms with Crippen molar-refractivity contribution in [2.75, 3.05) is 67.5 Å². The first kappa shape index (κ1) is 21.0. The van der Waals surface area contributed by atoms with Crippen LogP contribution in [-0.4, -0.2) is 100 Å². The summed E-state index contributed by atoms with van der Waals surface area (Å²) < 4.78 is 0. The molecule has 2 N–H and O–H groups in total. The van der Waals surface area contributed by atoms with Gasteiger partial charge >= 0.3 is 0 Å². The maximum atomic E-state index is 12.7. The van der Waals surface area contributed by atoms with Crippen LogP contribution in [-0.2, 0) is 4.79 Å². The van der Waals surface area contributed by atoms with Gasteiger partial charge in [0.25, 0.3) is 0 Å². The first-order valence-corrected chi connectivity index (χ1v) is 9.97. The summed E-state index contributed by atoms with van der Waals surface area (Å²) >= 11 is 0. The molecular weight excluding hydrogens is 328 g/mol. The van der Waals surface area contributed by atoms with Gasteiger partial charge in [-0.15, -0.1) is 0 Å². The number of nitrogens with zero attached hydrogens (tertiary/aromatic N) is 4. The van der Waals surface area contributed by atoms with Crippen molar-refractivity contribution < 1.29 is 4.79 Å². The Morgan fingerprint density at radius 2 is 1.77 bits per heavy atom. The van der Waals surface area contributed by atoms with E-state index in [1.807, 2.05) is 14.1 Å². The molecule has 0 aromatic heterocycles. The maximum absolute atomic E-state index is 12.7. The average molecular weight is 367 g/mol. The number of likely N-dealkylation sites (N-methyl/N-ethyl adjacent to an activating group) is 1. The molecular formula is C19H38N6O. The molecule has 1 amide bonds. The maximum Gasteiger partial charge on any atom is 0.230 e. The summed E-state index contributed by atoms with van der Waals surface area (Å²) in [5.41, 5.74) is -0.274. The van der Waals surface area contributed by atoms with E-state index in [1.54, 1.807) is 11.9 Å². The van der Waals surface area contributed by atoms with Crippen molar-refractivity contribution in [1.29, 1.82) is 0 Å². The molecule has 0 aromatic carbocycles. The van der Waals surface area contributed by atoms with Gasteiger partial charge in [0.05, 0.1) is 5.41 Å². The van der Waals surface area contributed by atoms with Crippen molar-refractivity contribution in [2.45, 2.75) is 38.6 Å². The number of carbonyl (C=O) groups excluding carboxylic acids is 1. The van der Waals surface area contributed by atoms with Gasteiger partial charge in [-0.3, -0.25) is 14.7 Å². The van der Waals surface area contributed by atoms with Crippen LogP contribution in [0.4, 0.5) is 0 Å². The van der Waals surface area contributed by atoms with Crippen LogP contribution in [0, 0.1) is 5.41 Å². The minimum absolute atomic E-state index is 0.240. The third kappa shape index (κ3) is 5.33. The Labute approximate surface area is 159 Å². The molecule has 26 heavy (non-hydrogen) atoms. The number of guanidine groups is 1. The molecule has 1 heterocycles. The van der Waals surface area contributed by atoms with E-state index in [0.29, 0.717) is 12.6 Å². The normalized spacial score (nSPS) is 22.9. The van der Waals surface area contributed by atoms with Gasteiger partial charge in [-0.1, -0.05) is 12.8 Å². The van der Waals surface area contributed by atoms with Gasteiger partial charge in [0, 0.05) is 66.5 Å². The van der Waals surface area contributed by atoms with E-state index in [2.05, 4.69) is 39.4 Å². The van der Waals surface area contributed by atoms with Crippen LogP contribution in [0.5, 0.6) is 0 Å². The van der Waals surface area contributed by atoms with E-state index in [1.165, 1.54) is 0 Å². The standard InChI is InChI=1S/C19H38N6O/c1-16(25-12-10-24(5)11-13-25)14-21-18(20-2)22-15-19(8-6-7-9-19)17(26)23(3)4/h16H,6-15H2,1-5H3,(H2,20,21,22). The fourth-order valence-corrected chi connectivity index (χ4v) is 4.10. The summed E-state index contributed by atoms with van der Waals surface area (Å²) in [7, 11) is 7.69. The molecule has 1 aliphatic carbocycles. The van der Waals surface area contributed by atoms with Crippen LogP contribution in [0.3, 0.4) is 0 Å². The number of amides is 1. The van der Waals surface area contributed by atoms with Gasteiger partial charge in [-0.25, -0.2) is 0 Å². The van der Waals surface area contributed by atoms with E-state index in [-0.39, 0.29) is 11.3 Å². The van der Waals surface area contributed by atoms with Crippen LogP contribution < -0.4 is 10.6 Å². The number of nitrogens with one attached hydrogen (secondary N) is 2. The number of hydrogen-bond acceptors (Lipinski definition) is 4. The molecule has 2 rings (SSSR count). The molecule has 0 radical (unpaired) electrons. The monoisotopic (exact) mass is 366 g/mol. The van der Waals surface area contributed by atoms with Crippen LogP contribution in [0.1, 0.15) is 32.6 Å². The molecule has 1 aliphatic heterocycles. The lowest BCUT2D eigenvalue weighted by Gasteiger charge is -2.36. The number of hydrogen-bond donors (Lipinski definition) is 2. The Bertz CT molecular complexity index is 478. The van der Waals surface area contributed by atoms with Crippen LogP contribution in [0.25, 0.3) is 0 Å². The van der Waals surface area contributed by atoms with Crippen molar-refractivity contribution in [2.24, 2.45) is 10.4 Å². The molecule has 2 aliphatic rings. The largest absolute Gasteiger partial charge is 0.355 e. The van der Waals surface area contributed by atoms with Gasteiger partial charge in [0.2, 0.25) is 5.91 Å². The van der Waals surface area contributed by atoms with Crippen molar-refractivity contribution >= 4 is 11.9 Å². The number of carbonyl (C=O) groups is 1. The van der Waals surface area contributed by atoms with Crippen LogP contribution >= 0.6 is 0 Å². The summed E-state index contributed by atoms with van der Waals surface area (Å²) in [5.74, 6) is 1.03. The molecule has 1 saturated carbocycles. The highest BCUT2D eigenvalue weighted by Gasteiger charge is 2.42. The third-order valence-electron chi connectivity index (χ3n) is 5.96. The molecule has 7 heteroatoms. The Balaban J connectivity index is 1.82. The molecule has 1 atom stereocenters. The van der Waals surface area contributed by atoms with E-state index in [4.69, 9.17) is 0 Å². The molecule has 0 aromatic rings. The van der Waals surface area contributed by atoms with Crippen molar-refractivity contribution in [3.8, 4) is 0 Å². The Hall–Kier alpha value is -1.34. The lowest BCUT2D eigenvalue weighted by Crippen LogP contribution is -2.53. The second kappa shape index (κ2) is 9.55. The smallest absolute Gasteiger partial charge is 0.230 e. The summed E-state index contributed by atoms with van der Waals surface area (Å²) in [6.45, 7) is 8.28. The zero-order chi connectivity index (χ0) is 19.2. The minimum atomic E-state index is -0.274. The number of piperazine rings is 1. The first-order chi connectivity index (χ1) is 12.4. The van der Waals surface area contributed by atoms with E-state index >= 15 is 0 Å². The molecule has 2 fully saturated rings. The zero-order valence-electron chi connectivity index (χ0n) is 17.3. The summed E-state index contributed by atoms with van der Waals surface area (Å²) in [5, 5.41) is 6.86. The molecule has 0 spiro atoms. The number of aliphatic imine (C=N–C) groups is 1. The lowest BCUT2D eigenvalue weighted by molar-refractivity contribution is -0.138. The third-order valence-corrected chi connectivity index (χ3v) is 5.96. The minimum Gasteiger partial charge on any atom is -0.355 e. The summed E-state index contributed by atoms with van der Waals surface area (Å²) in [4.78, 5) is 23.7. The van der Waals surface area contributed by atoms with Gasteiger partial charge < -0.3 is 20.4 Å². The van der Waals surface area contributed by atoms with E-state index in [0.717, 1.165) is 64.4 Å². The topological polar surface area (TPSA) is 63.2 Å². The SMILES string of the molecule is CN=C(NCC(C)N1CCN(C)CC1)NCC1(C(=O)N(C)C)CCCC1. The average Bonchev–Trinajstić information content (AvgIpc) is 3.11. The van der Waals surface area contributed by atoms with Gasteiger partial charge in [-0.05, 0) is 26.8 Å². The summed E-state index contributed by atoms with van der Waals surface area (Å²) in [6.07, 6.45) is 4.19. The van der Waals surface area contributed by atoms with Crippen molar-refractivity contribution in [3.63, 3.8) is 0 Å². The zero-order valence-corrected chi connectivity index (χ0v) is 17.3. The van der Waals surface area contributed by atoms with Gasteiger partial charge in [0.1, 0.15) is 0 Å². The number of rotatable bonds is 6. The van der Waals surface area contributed by atoms with Crippen molar-refractivity contribution in [3.05, 3.63) is 0 Å². The highest BCUT2D eigenvalue weighted by Crippen LogP contribution is 2.38. The first-order valence-electron chi connectivity index (χ1n) is 9.97. The highest BCUT2D eigenvalue weighted by molar-refractivity contribution is 5.85. The fraction of sp³-hybridized carbons (Fsp3) is 0.895. The second-order valence-corrected chi connectivity index (χ2v) is 8.18. The van der Waals surface area contributed by atoms with E-state index in [9.17, 15) is 4.79 Å². The summed E-state index contributed by atoms with van der Waals surface area (Å²) in [6, 6.07) is 0.464. The Kier molecular flexibility index (Phi) is 7.70. The van der Waals surface area contributed by atoms with Gasteiger partial charge in [0.15, 0.2) is 5.96 Å². The van der Waals surface area contributed by atoms with Crippen LogP contribution in [0.2, 0.25) is 0 Å². The predicted octanol–water partition coefficient (Wildman–Crippen LogP) is 0.436. The van der Waals surface area contributed by atoms with Crippen molar-refractivity contribution in [1.82, 2.24) is 25.3 Å². The molecule has 150 valence electrons.